The summed E-state index contributed by atoms with van der Waals surface area (Å²) in [6.45, 7) is 4.78. The maximum absolute atomic E-state index is 5.40. The molecular formula is C13H16O2. The number of hydrogen-bond donors (Lipinski definition) is 0. The van der Waals surface area contributed by atoms with E-state index in [0.29, 0.717) is 6.61 Å². The van der Waals surface area contributed by atoms with E-state index >= 15 is 0 Å². The summed E-state index contributed by atoms with van der Waals surface area (Å²) in [5.41, 5.74) is 1.16. The zero-order valence-corrected chi connectivity index (χ0v) is 9.14. The summed E-state index contributed by atoms with van der Waals surface area (Å²) < 4.78 is 10.8. The van der Waals surface area contributed by atoms with E-state index in [1.807, 2.05) is 36.4 Å². The standard InChI is InChI=1S/C13H16O2/c1-13(2)12(15-13)10-14-9-8-11-6-4-3-5-7-11/h3-9,12H,10H2,1-2H3/b9-8+/t12-/m0/s1. The first kappa shape index (κ1) is 10.2. The van der Waals surface area contributed by atoms with Gasteiger partial charge in [0.25, 0.3) is 0 Å². The van der Waals surface area contributed by atoms with Gasteiger partial charge in [-0.2, -0.15) is 0 Å². The molecular weight excluding hydrogens is 188 g/mol. The number of hydrogen-bond acceptors (Lipinski definition) is 2. The van der Waals surface area contributed by atoms with Gasteiger partial charge in [0.2, 0.25) is 0 Å². The molecule has 1 heterocycles. The van der Waals surface area contributed by atoms with Gasteiger partial charge >= 0.3 is 0 Å². The van der Waals surface area contributed by atoms with Crippen molar-refractivity contribution >= 4 is 6.08 Å². The van der Waals surface area contributed by atoms with Gasteiger partial charge in [-0.3, -0.25) is 0 Å². The summed E-state index contributed by atoms with van der Waals surface area (Å²) in [6.07, 6.45) is 3.93. The van der Waals surface area contributed by atoms with Crippen LogP contribution >= 0.6 is 0 Å². The molecule has 0 amide bonds. The Hall–Kier alpha value is -1.28. The van der Waals surface area contributed by atoms with E-state index in [2.05, 4.69) is 13.8 Å². The zero-order valence-electron chi connectivity index (χ0n) is 9.14. The molecule has 0 unspecified atom stereocenters. The predicted molar refractivity (Wildman–Crippen MR) is 60.4 cm³/mol. The summed E-state index contributed by atoms with van der Waals surface area (Å²) in [4.78, 5) is 0. The van der Waals surface area contributed by atoms with Gasteiger partial charge < -0.3 is 9.47 Å². The third kappa shape index (κ3) is 2.83. The summed E-state index contributed by atoms with van der Waals surface area (Å²) in [5.74, 6) is 0. The van der Waals surface area contributed by atoms with E-state index in [1.165, 1.54) is 0 Å². The topological polar surface area (TPSA) is 21.8 Å². The van der Waals surface area contributed by atoms with E-state index in [0.717, 1.165) is 5.56 Å². The van der Waals surface area contributed by atoms with Gasteiger partial charge in [-0.1, -0.05) is 30.3 Å². The highest BCUT2D eigenvalue weighted by molar-refractivity contribution is 5.47. The van der Waals surface area contributed by atoms with Crippen LogP contribution in [0.2, 0.25) is 0 Å². The van der Waals surface area contributed by atoms with Gasteiger partial charge in [0, 0.05) is 0 Å². The molecule has 0 spiro atoms. The lowest BCUT2D eigenvalue weighted by molar-refractivity contribution is 0.212. The van der Waals surface area contributed by atoms with Crippen LogP contribution < -0.4 is 0 Å². The van der Waals surface area contributed by atoms with Crippen LogP contribution in [0.1, 0.15) is 19.4 Å². The van der Waals surface area contributed by atoms with E-state index in [4.69, 9.17) is 9.47 Å². The molecule has 80 valence electrons. The fourth-order valence-corrected chi connectivity index (χ4v) is 1.40. The Kier molecular flexibility index (Phi) is 2.78. The quantitative estimate of drug-likeness (QED) is 0.555. The molecule has 1 saturated heterocycles. The Bertz CT molecular complexity index is 341. The lowest BCUT2D eigenvalue weighted by atomic mass is 10.1. The molecule has 2 rings (SSSR count). The second-order valence-corrected chi connectivity index (χ2v) is 4.26. The van der Waals surface area contributed by atoms with Crippen LogP contribution in [0.25, 0.3) is 6.08 Å². The monoisotopic (exact) mass is 204 g/mol. The van der Waals surface area contributed by atoms with Crippen molar-refractivity contribution in [3.63, 3.8) is 0 Å². The van der Waals surface area contributed by atoms with Crippen molar-refractivity contribution in [2.24, 2.45) is 0 Å². The summed E-state index contributed by atoms with van der Waals surface area (Å²) >= 11 is 0. The molecule has 1 atom stereocenters. The van der Waals surface area contributed by atoms with Crippen LogP contribution in [0, 0.1) is 0 Å². The Morgan fingerprint density at radius 3 is 2.60 bits per heavy atom. The number of rotatable bonds is 4. The minimum Gasteiger partial charge on any atom is -0.498 e. The lowest BCUT2D eigenvalue weighted by Crippen LogP contribution is -2.07. The minimum absolute atomic E-state index is 0.0145. The van der Waals surface area contributed by atoms with Gasteiger partial charge in [0.05, 0.1) is 11.9 Å². The van der Waals surface area contributed by atoms with Crippen LogP contribution in [0.4, 0.5) is 0 Å². The minimum atomic E-state index is 0.0145. The molecule has 1 aromatic rings. The molecule has 1 fully saturated rings. The predicted octanol–water partition coefficient (Wildman–Crippen LogP) is 2.85. The Labute approximate surface area is 90.5 Å². The Morgan fingerprint density at radius 1 is 1.33 bits per heavy atom. The molecule has 0 aliphatic carbocycles. The first-order chi connectivity index (χ1) is 7.18. The highest BCUT2D eigenvalue weighted by Gasteiger charge is 2.48. The van der Waals surface area contributed by atoms with Crippen molar-refractivity contribution in [3.05, 3.63) is 42.2 Å². The normalized spacial score (nSPS) is 22.9. The average Bonchev–Trinajstić information content (AvgIpc) is 2.83. The lowest BCUT2D eigenvalue weighted by Gasteiger charge is -1.98. The van der Waals surface area contributed by atoms with Gasteiger partial charge in [-0.15, -0.1) is 0 Å². The average molecular weight is 204 g/mol. The van der Waals surface area contributed by atoms with Gasteiger partial charge in [-0.25, -0.2) is 0 Å². The zero-order chi connectivity index (χ0) is 10.7. The number of epoxide rings is 1. The molecule has 0 saturated carbocycles. The van der Waals surface area contributed by atoms with Crippen molar-refractivity contribution in [3.8, 4) is 0 Å². The second kappa shape index (κ2) is 4.07. The third-order valence-corrected chi connectivity index (χ3v) is 2.57. The van der Waals surface area contributed by atoms with E-state index < -0.39 is 0 Å². The molecule has 1 aliphatic heterocycles. The largest absolute Gasteiger partial charge is 0.498 e. The molecule has 0 aromatic heterocycles. The first-order valence-corrected chi connectivity index (χ1v) is 5.19. The van der Waals surface area contributed by atoms with Crippen LogP contribution in [-0.4, -0.2) is 18.3 Å². The Balaban J connectivity index is 1.73. The first-order valence-electron chi connectivity index (χ1n) is 5.19. The van der Waals surface area contributed by atoms with E-state index in [1.54, 1.807) is 6.26 Å². The molecule has 2 heteroatoms. The molecule has 15 heavy (non-hydrogen) atoms. The molecule has 0 bridgehead atoms. The van der Waals surface area contributed by atoms with Gasteiger partial charge in [0.15, 0.2) is 0 Å². The van der Waals surface area contributed by atoms with Crippen molar-refractivity contribution in [1.29, 1.82) is 0 Å². The van der Waals surface area contributed by atoms with Gasteiger partial charge in [0.1, 0.15) is 12.7 Å². The van der Waals surface area contributed by atoms with Crippen LogP contribution in [0.15, 0.2) is 36.6 Å². The molecule has 1 aromatic carbocycles. The highest BCUT2D eigenvalue weighted by atomic mass is 16.6. The fourth-order valence-electron chi connectivity index (χ4n) is 1.40. The van der Waals surface area contributed by atoms with Gasteiger partial charge in [-0.05, 0) is 25.5 Å². The van der Waals surface area contributed by atoms with E-state index in [9.17, 15) is 0 Å². The van der Waals surface area contributed by atoms with E-state index in [-0.39, 0.29) is 11.7 Å². The third-order valence-electron chi connectivity index (χ3n) is 2.57. The number of ether oxygens (including phenoxy) is 2. The Morgan fingerprint density at radius 2 is 2.00 bits per heavy atom. The van der Waals surface area contributed by atoms with Crippen molar-refractivity contribution in [2.75, 3.05) is 6.61 Å². The molecule has 2 nitrogen and oxygen atoms in total. The fraction of sp³-hybridized carbons (Fsp3) is 0.385. The number of benzene rings is 1. The van der Waals surface area contributed by atoms with Crippen molar-refractivity contribution < 1.29 is 9.47 Å². The smallest absolute Gasteiger partial charge is 0.121 e. The van der Waals surface area contributed by atoms with Crippen LogP contribution in [0.5, 0.6) is 0 Å². The van der Waals surface area contributed by atoms with Crippen molar-refractivity contribution in [1.82, 2.24) is 0 Å². The highest BCUT2D eigenvalue weighted by Crippen LogP contribution is 2.35. The van der Waals surface area contributed by atoms with Crippen LogP contribution in [-0.2, 0) is 9.47 Å². The van der Waals surface area contributed by atoms with Crippen LogP contribution in [0.3, 0.4) is 0 Å². The summed E-state index contributed by atoms with van der Waals surface area (Å²) in [5, 5.41) is 0. The SMILES string of the molecule is CC1(C)O[C@H]1CO/C=C/c1ccccc1. The summed E-state index contributed by atoms with van der Waals surface area (Å²) in [6, 6.07) is 10.1. The summed E-state index contributed by atoms with van der Waals surface area (Å²) in [7, 11) is 0. The van der Waals surface area contributed by atoms with Crippen molar-refractivity contribution in [2.45, 2.75) is 25.6 Å². The maximum Gasteiger partial charge on any atom is 0.121 e. The molecule has 0 radical (unpaired) electrons. The molecule has 1 aliphatic rings. The molecule has 0 N–H and O–H groups in total. The maximum atomic E-state index is 5.40. The second-order valence-electron chi connectivity index (χ2n) is 4.26.